The summed E-state index contributed by atoms with van der Waals surface area (Å²) in [6.45, 7) is -0.166. The van der Waals surface area contributed by atoms with Crippen LogP contribution < -0.4 is 10.6 Å². The molecule has 1 aromatic carbocycles. The molecule has 1 amide bonds. The molecule has 1 fully saturated rings. The highest BCUT2D eigenvalue weighted by atomic mass is 19.3. The van der Waals surface area contributed by atoms with Gasteiger partial charge in [0.25, 0.3) is 5.92 Å². The molecule has 19 heavy (non-hydrogen) atoms. The zero-order chi connectivity index (χ0) is 13.9. The fraction of sp³-hybridized carbons (Fsp3) is 0.462. The zero-order valence-electron chi connectivity index (χ0n) is 10.3. The van der Waals surface area contributed by atoms with Crippen LogP contribution >= 0.6 is 0 Å². The quantitative estimate of drug-likeness (QED) is 0.871. The normalized spacial score (nSPS) is 21.3. The van der Waals surface area contributed by atoms with Crippen LogP contribution in [0.3, 0.4) is 0 Å². The Morgan fingerprint density at radius 2 is 2.26 bits per heavy atom. The molecule has 0 saturated carbocycles. The number of carbonyl (C=O) groups excluding carboxylic acids is 1. The van der Waals surface area contributed by atoms with E-state index in [0.717, 1.165) is 5.56 Å². The van der Waals surface area contributed by atoms with E-state index in [2.05, 4.69) is 10.6 Å². The van der Waals surface area contributed by atoms with Gasteiger partial charge in [-0.25, -0.2) is 13.2 Å². The number of rotatable bonds is 4. The van der Waals surface area contributed by atoms with Gasteiger partial charge in [0.2, 0.25) is 5.91 Å². The molecule has 0 radical (unpaired) electrons. The summed E-state index contributed by atoms with van der Waals surface area (Å²) in [5, 5.41) is 5.06. The third-order valence-corrected chi connectivity index (χ3v) is 3.03. The average molecular weight is 272 g/mol. The molecular weight excluding hydrogens is 257 g/mol. The predicted octanol–water partition coefficient (Wildman–Crippen LogP) is 1.48. The number of nitrogens with one attached hydrogen (secondary N) is 2. The van der Waals surface area contributed by atoms with Gasteiger partial charge in [-0.05, 0) is 24.1 Å². The first-order chi connectivity index (χ1) is 8.96. The van der Waals surface area contributed by atoms with Gasteiger partial charge in [-0.2, -0.15) is 0 Å². The number of carbonyl (C=O) groups is 1. The van der Waals surface area contributed by atoms with Crippen molar-refractivity contribution in [1.29, 1.82) is 0 Å². The lowest BCUT2D eigenvalue weighted by Crippen LogP contribution is -2.41. The Labute approximate surface area is 109 Å². The van der Waals surface area contributed by atoms with Gasteiger partial charge in [0.1, 0.15) is 5.82 Å². The molecule has 0 spiro atoms. The highest BCUT2D eigenvalue weighted by molar-refractivity contribution is 5.82. The number of hydrogen-bond donors (Lipinski definition) is 2. The Bertz CT molecular complexity index is 465. The summed E-state index contributed by atoms with van der Waals surface area (Å²) < 4.78 is 38.7. The van der Waals surface area contributed by atoms with E-state index in [4.69, 9.17) is 0 Å². The van der Waals surface area contributed by atoms with Gasteiger partial charge in [0.05, 0.1) is 12.6 Å². The lowest BCUT2D eigenvalue weighted by Gasteiger charge is -2.11. The van der Waals surface area contributed by atoms with Crippen LogP contribution in [0.5, 0.6) is 0 Å². The topological polar surface area (TPSA) is 41.1 Å². The third kappa shape index (κ3) is 3.96. The molecule has 1 aromatic rings. The van der Waals surface area contributed by atoms with Crippen molar-refractivity contribution < 1.29 is 18.0 Å². The van der Waals surface area contributed by atoms with E-state index in [0.29, 0.717) is 13.0 Å². The molecule has 0 aliphatic carbocycles. The van der Waals surface area contributed by atoms with Gasteiger partial charge in [-0.15, -0.1) is 0 Å². The number of alkyl halides is 2. The summed E-state index contributed by atoms with van der Waals surface area (Å²) in [7, 11) is 0. The lowest BCUT2D eigenvalue weighted by molar-refractivity contribution is -0.123. The highest BCUT2D eigenvalue weighted by Gasteiger charge is 2.42. The molecule has 1 saturated heterocycles. The molecule has 1 aliphatic rings. The van der Waals surface area contributed by atoms with Gasteiger partial charge in [0.15, 0.2) is 0 Å². The Hall–Kier alpha value is -1.56. The van der Waals surface area contributed by atoms with Gasteiger partial charge >= 0.3 is 0 Å². The average Bonchev–Trinajstić information content (AvgIpc) is 2.70. The molecule has 0 aromatic heterocycles. The minimum absolute atomic E-state index is 0.298. The maximum atomic E-state index is 12.9. The van der Waals surface area contributed by atoms with Gasteiger partial charge < -0.3 is 5.32 Å². The van der Waals surface area contributed by atoms with Crippen molar-refractivity contribution in [2.75, 3.05) is 13.1 Å². The van der Waals surface area contributed by atoms with Crippen LogP contribution in [-0.2, 0) is 11.2 Å². The van der Waals surface area contributed by atoms with Crippen molar-refractivity contribution in [2.24, 2.45) is 0 Å². The summed E-state index contributed by atoms with van der Waals surface area (Å²) in [5.74, 6) is -3.58. The molecule has 3 nitrogen and oxygen atoms in total. The van der Waals surface area contributed by atoms with Crippen LogP contribution in [-0.4, -0.2) is 31.0 Å². The number of hydrogen-bond acceptors (Lipinski definition) is 2. The van der Waals surface area contributed by atoms with Crippen molar-refractivity contribution in [3.8, 4) is 0 Å². The summed E-state index contributed by atoms with van der Waals surface area (Å²) in [6.07, 6.45) is -0.00852. The van der Waals surface area contributed by atoms with Crippen molar-refractivity contribution >= 4 is 5.91 Å². The second-order valence-corrected chi connectivity index (χ2v) is 4.66. The summed E-state index contributed by atoms with van der Waals surface area (Å²) in [6, 6.07) is 5.21. The van der Waals surface area contributed by atoms with Crippen molar-refractivity contribution in [3.63, 3.8) is 0 Å². The third-order valence-electron chi connectivity index (χ3n) is 3.03. The Kier molecular flexibility index (Phi) is 4.09. The molecule has 6 heteroatoms. The standard InChI is InChI=1S/C13H15F3N2O/c14-10-3-1-2-9(6-10)4-5-17-12(19)11-7-13(15,16)8-18-11/h1-3,6,11,18H,4-5,7-8H2,(H,17,19). The first kappa shape index (κ1) is 13.9. The minimum atomic E-state index is -2.81. The van der Waals surface area contributed by atoms with Crippen molar-refractivity contribution in [2.45, 2.75) is 24.8 Å². The highest BCUT2D eigenvalue weighted by Crippen LogP contribution is 2.24. The zero-order valence-corrected chi connectivity index (χ0v) is 10.3. The smallest absolute Gasteiger partial charge is 0.262 e. The monoisotopic (exact) mass is 272 g/mol. The van der Waals surface area contributed by atoms with E-state index >= 15 is 0 Å². The molecule has 0 bridgehead atoms. The first-order valence-electron chi connectivity index (χ1n) is 6.10. The van der Waals surface area contributed by atoms with Crippen molar-refractivity contribution in [3.05, 3.63) is 35.6 Å². The molecule has 2 N–H and O–H groups in total. The summed E-state index contributed by atoms with van der Waals surface area (Å²) in [5.41, 5.74) is 0.755. The van der Waals surface area contributed by atoms with E-state index in [9.17, 15) is 18.0 Å². The maximum Gasteiger partial charge on any atom is 0.262 e. The fourth-order valence-corrected chi connectivity index (χ4v) is 2.05. The Morgan fingerprint density at radius 1 is 1.47 bits per heavy atom. The van der Waals surface area contributed by atoms with Crippen LogP contribution in [0.25, 0.3) is 0 Å². The van der Waals surface area contributed by atoms with Crippen LogP contribution in [0.15, 0.2) is 24.3 Å². The second-order valence-electron chi connectivity index (χ2n) is 4.66. The largest absolute Gasteiger partial charge is 0.354 e. The van der Waals surface area contributed by atoms with Crippen LogP contribution in [0.4, 0.5) is 13.2 Å². The van der Waals surface area contributed by atoms with Crippen molar-refractivity contribution in [1.82, 2.24) is 10.6 Å². The predicted molar refractivity (Wildman–Crippen MR) is 64.5 cm³/mol. The lowest BCUT2D eigenvalue weighted by atomic mass is 10.1. The molecule has 104 valence electrons. The molecular formula is C13H15F3N2O. The molecule has 1 unspecified atom stereocenters. The first-order valence-corrected chi connectivity index (χ1v) is 6.10. The van der Waals surface area contributed by atoms with Gasteiger partial charge in [-0.1, -0.05) is 12.1 Å². The SMILES string of the molecule is O=C(NCCc1cccc(F)c1)C1CC(F)(F)CN1. The van der Waals surface area contributed by atoms with E-state index in [1.165, 1.54) is 12.1 Å². The number of benzene rings is 1. The van der Waals surface area contributed by atoms with Gasteiger partial charge in [-0.3, -0.25) is 10.1 Å². The molecule has 1 heterocycles. The fourth-order valence-electron chi connectivity index (χ4n) is 2.05. The minimum Gasteiger partial charge on any atom is -0.354 e. The summed E-state index contributed by atoms with van der Waals surface area (Å²) in [4.78, 5) is 11.6. The number of amides is 1. The Balaban J connectivity index is 1.76. The van der Waals surface area contributed by atoms with E-state index in [-0.39, 0.29) is 5.82 Å². The molecule has 1 aliphatic heterocycles. The van der Waals surface area contributed by atoms with Crippen LogP contribution in [0.2, 0.25) is 0 Å². The summed E-state index contributed by atoms with van der Waals surface area (Å²) >= 11 is 0. The van der Waals surface area contributed by atoms with E-state index in [1.54, 1.807) is 12.1 Å². The second kappa shape index (κ2) is 5.61. The van der Waals surface area contributed by atoms with Crippen LogP contribution in [0.1, 0.15) is 12.0 Å². The number of halogens is 3. The van der Waals surface area contributed by atoms with Gasteiger partial charge in [0, 0.05) is 13.0 Å². The van der Waals surface area contributed by atoms with E-state index < -0.39 is 30.8 Å². The molecule has 1 atom stereocenters. The molecule has 2 rings (SSSR count). The van der Waals surface area contributed by atoms with E-state index in [1.807, 2.05) is 0 Å². The van der Waals surface area contributed by atoms with Crippen LogP contribution in [0, 0.1) is 5.82 Å². The maximum absolute atomic E-state index is 12.9. The Morgan fingerprint density at radius 3 is 2.89 bits per heavy atom.